The molecule has 0 amide bonds. The van der Waals surface area contributed by atoms with Crippen molar-refractivity contribution in [3.05, 3.63) is 76.0 Å². The molecule has 2 aromatic carbocycles. The van der Waals surface area contributed by atoms with Crippen LogP contribution in [-0.2, 0) is 4.79 Å². The molecule has 7 heteroatoms. The predicted molar refractivity (Wildman–Crippen MR) is 106 cm³/mol. The van der Waals surface area contributed by atoms with E-state index in [9.17, 15) is 14.9 Å². The lowest BCUT2D eigenvalue weighted by Crippen LogP contribution is -2.05. The number of hydrogen-bond donors (Lipinski definition) is 0. The Kier molecular flexibility index (Phi) is 7.77. The first-order chi connectivity index (χ1) is 13.5. The second-order valence-corrected chi connectivity index (χ2v) is 5.68. The summed E-state index contributed by atoms with van der Waals surface area (Å²) in [5.41, 5.74) is 1.38. The van der Waals surface area contributed by atoms with Gasteiger partial charge in [0.25, 0.3) is 0 Å². The molecule has 0 aliphatic rings. The summed E-state index contributed by atoms with van der Waals surface area (Å²) in [7, 11) is 1.42. The van der Waals surface area contributed by atoms with Gasteiger partial charge in [0.1, 0.15) is 5.75 Å². The maximum Gasteiger partial charge on any atom is 0.336 e. The summed E-state index contributed by atoms with van der Waals surface area (Å²) < 4.78 is 16.0. The van der Waals surface area contributed by atoms with Crippen molar-refractivity contribution >= 4 is 18.1 Å². The number of carbonyl (C=O) groups is 1. The molecule has 0 atom stereocenters. The standard InChI is InChI=1S/C21H21NO6/c1-3-14-27-18-8-4-16(5-9-18)7-11-21(23)28-19-10-6-17(12-13-22(24)25)15-20(19)26-2/h4-13,15H,3,14H2,1-2H3/b11-7+,13-12+. The quantitative estimate of drug-likeness (QED) is 0.210. The molecule has 2 aromatic rings. The zero-order chi connectivity index (χ0) is 20.4. The van der Waals surface area contributed by atoms with Crippen LogP contribution in [0.2, 0.25) is 0 Å². The highest BCUT2D eigenvalue weighted by Crippen LogP contribution is 2.29. The lowest BCUT2D eigenvalue weighted by molar-refractivity contribution is -0.400. The first kappa shape index (κ1) is 20.7. The van der Waals surface area contributed by atoms with Gasteiger partial charge in [0.15, 0.2) is 11.5 Å². The molecule has 0 aliphatic carbocycles. The zero-order valence-electron chi connectivity index (χ0n) is 15.7. The minimum absolute atomic E-state index is 0.221. The van der Waals surface area contributed by atoms with Crippen molar-refractivity contribution in [3.8, 4) is 17.2 Å². The van der Waals surface area contributed by atoms with Gasteiger partial charge in [0.05, 0.1) is 18.6 Å². The van der Waals surface area contributed by atoms with Gasteiger partial charge >= 0.3 is 5.97 Å². The highest BCUT2D eigenvalue weighted by atomic mass is 16.6. The van der Waals surface area contributed by atoms with E-state index in [1.807, 2.05) is 31.2 Å². The van der Waals surface area contributed by atoms with Crippen molar-refractivity contribution in [1.29, 1.82) is 0 Å². The van der Waals surface area contributed by atoms with Gasteiger partial charge in [-0.3, -0.25) is 10.1 Å². The summed E-state index contributed by atoms with van der Waals surface area (Å²) >= 11 is 0. The van der Waals surface area contributed by atoms with Crippen LogP contribution in [0.1, 0.15) is 24.5 Å². The van der Waals surface area contributed by atoms with E-state index in [4.69, 9.17) is 14.2 Å². The van der Waals surface area contributed by atoms with Gasteiger partial charge in [0.2, 0.25) is 6.20 Å². The molecule has 146 valence electrons. The van der Waals surface area contributed by atoms with Crippen LogP contribution in [0.25, 0.3) is 12.2 Å². The maximum absolute atomic E-state index is 12.1. The second-order valence-electron chi connectivity index (χ2n) is 5.68. The lowest BCUT2D eigenvalue weighted by Gasteiger charge is -2.08. The van der Waals surface area contributed by atoms with E-state index >= 15 is 0 Å². The molecular formula is C21H21NO6. The SMILES string of the molecule is CCCOc1ccc(/C=C/C(=O)Oc2ccc(/C=C/[N+](=O)[O-])cc2OC)cc1. The largest absolute Gasteiger partial charge is 0.494 e. The average molecular weight is 383 g/mol. The number of benzene rings is 2. The molecule has 0 unspecified atom stereocenters. The third kappa shape index (κ3) is 6.60. The van der Waals surface area contributed by atoms with Crippen LogP contribution >= 0.6 is 0 Å². The smallest absolute Gasteiger partial charge is 0.336 e. The van der Waals surface area contributed by atoms with Crippen molar-refractivity contribution < 1.29 is 23.9 Å². The molecule has 0 radical (unpaired) electrons. The fourth-order valence-corrected chi connectivity index (χ4v) is 2.22. The number of ether oxygens (including phenoxy) is 3. The Morgan fingerprint density at radius 2 is 1.79 bits per heavy atom. The van der Waals surface area contributed by atoms with Crippen LogP contribution in [0.3, 0.4) is 0 Å². The predicted octanol–water partition coefficient (Wildman–Crippen LogP) is 4.35. The highest BCUT2D eigenvalue weighted by molar-refractivity contribution is 5.89. The van der Waals surface area contributed by atoms with Crippen molar-refractivity contribution in [2.45, 2.75) is 13.3 Å². The van der Waals surface area contributed by atoms with Crippen molar-refractivity contribution in [3.63, 3.8) is 0 Å². The molecule has 28 heavy (non-hydrogen) atoms. The monoisotopic (exact) mass is 383 g/mol. The number of carbonyl (C=O) groups excluding carboxylic acids is 1. The summed E-state index contributed by atoms with van der Waals surface area (Å²) in [6.07, 6.45) is 6.02. The Morgan fingerprint density at radius 1 is 1.07 bits per heavy atom. The fraction of sp³-hybridized carbons (Fsp3) is 0.190. The van der Waals surface area contributed by atoms with Gasteiger partial charge in [-0.25, -0.2) is 4.79 Å². The van der Waals surface area contributed by atoms with Crippen LogP contribution in [0.15, 0.2) is 54.7 Å². The fourth-order valence-electron chi connectivity index (χ4n) is 2.22. The third-order valence-electron chi connectivity index (χ3n) is 3.55. The normalized spacial score (nSPS) is 10.9. The first-order valence-corrected chi connectivity index (χ1v) is 8.64. The van der Waals surface area contributed by atoms with E-state index in [-0.39, 0.29) is 5.75 Å². The lowest BCUT2D eigenvalue weighted by atomic mass is 10.2. The van der Waals surface area contributed by atoms with E-state index in [1.54, 1.807) is 18.2 Å². The summed E-state index contributed by atoms with van der Waals surface area (Å²) in [5.74, 6) is 0.721. The maximum atomic E-state index is 12.1. The van der Waals surface area contributed by atoms with E-state index in [1.165, 1.54) is 25.3 Å². The van der Waals surface area contributed by atoms with Crippen molar-refractivity contribution in [2.24, 2.45) is 0 Å². The molecule has 0 spiro atoms. The molecule has 7 nitrogen and oxygen atoms in total. The van der Waals surface area contributed by atoms with E-state index in [2.05, 4.69) is 0 Å². The highest BCUT2D eigenvalue weighted by Gasteiger charge is 2.09. The van der Waals surface area contributed by atoms with Gasteiger partial charge in [0, 0.05) is 12.2 Å². The van der Waals surface area contributed by atoms with Crippen molar-refractivity contribution in [2.75, 3.05) is 13.7 Å². The second kappa shape index (κ2) is 10.5. The van der Waals surface area contributed by atoms with Crippen LogP contribution in [0, 0.1) is 10.1 Å². The van der Waals surface area contributed by atoms with Crippen LogP contribution in [0.5, 0.6) is 17.2 Å². The Morgan fingerprint density at radius 3 is 2.43 bits per heavy atom. The minimum Gasteiger partial charge on any atom is -0.494 e. The topological polar surface area (TPSA) is 87.9 Å². The third-order valence-corrected chi connectivity index (χ3v) is 3.55. The number of nitrogens with zero attached hydrogens (tertiary/aromatic N) is 1. The first-order valence-electron chi connectivity index (χ1n) is 8.64. The molecule has 0 aliphatic heterocycles. The summed E-state index contributed by atoms with van der Waals surface area (Å²) in [4.78, 5) is 21.9. The van der Waals surface area contributed by atoms with Crippen LogP contribution in [-0.4, -0.2) is 24.6 Å². The van der Waals surface area contributed by atoms with Crippen LogP contribution < -0.4 is 14.2 Å². The average Bonchev–Trinajstić information content (AvgIpc) is 2.70. The molecule has 2 rings (SSSR count). The number of rotatable bonds is 9. The van der Waals surface area contributed by atoms with Gasteiger partial charge in [-0.15, -0.1) is 0 Å². The molecule has 0 saturated carbocycles. The molecule has 0 heterocycles. The minimum atomic E-state index is -0.571. The van der Waals surface area contributed by atoms with E-state index in [0.29, 0.717) is 17.9 Å². The summed E-state index contributed by atoms with van der Waals surface area (Å²) in [6.45, 7) is 2.69. The molecule has 0 saturated heterocycles. The van der Waals surface area contributed by atoms with Gasteiger partial charge in [-0.1, -0.05) is 25.1 Å². The number of hydrogen-bond acceptors (Lipinski definition) is 6. The summed E-state index contributed by atoms with van der Waals surface area (Å²) in [5, 5.41) is 10.4. The van der Waals surface area contributed by atoms with Crippen molar-refractivity contribution in [1.82, 2.24) is 0 Å². The number of nitro groups is 1. The van der Waals surface area contributed by atoms with E-state index in [0.717, 1.165) is 23.9 Å². The molecule has 0 bridgehead atoms. The Hall–Kier alpha value is -3.61. The van der Waals surface area contributed by atoms with E-state index < -0.39 is 10.9 Å². The van der Waals surface area contributed by atoms with Gasteiger partial charge < -0.3 is 14.2 Å². The number of methoxy groups -OCH3 is 1. The van der Waals surface area contributed by atoms with Gasteiger partial charge in [-0.05, 0) is 47.9 Å². The molecule has 0 aromatic heterocycles. The molecule has 0 N–H and O–H groups in total. The Balaban J connectivity index is 2.01. The molecular weight excluding hydrogens is 362 g/mol. The molecule has 0 fully saturated rings. The number of esters is 1. The zero-order valence-corrected chi connectivity index (χ0v) is 15.7. The summed E-state index contributed by atoms with van der Waals surface area (Å²) in [6, 6.07) is 12.0. The Labute approximate surface area is 163 Å². The van der Waals surface area contributed by atoms with Gasteiger partial charge in [-0.2, -0.15) is 0 Å². The van der Waals surface area contributed by atoms with Crippen LogP contribution in [0.4, 0.5) is 0 Å². The Bertz CT molecular complexity index is 871.